The third-order valence-electron chi connectivity index (χ3n) is 5.26. The minimum absolute atomic E-state index is 0.0264. The number of hydrogen-bond donors (Lipinski definition) is 2. The van der Waals surface area contributed by atoms with Crippen LogP contribution >= 0.6 is 15.9 Å². The molecule has 1 atom stereocenters. The molecule has 1 aliphatic rings. The van der Waals surface area contributed by atoms with Crippen molar-refractivity contribution in [1.82, 2.24) is 4.90 Å². The van der Waals surface area contributed by atoms with E-state index in [1.54, 1.807) is 43.3 Å². The fourth-order valence-corrected chi connectivity index (χ4v) is 3.99. The number of aliphatic hydroxyl groups excluding tert-OH is 1. The van der Waals surface area contributed by atoms with E-state index in [9.17, 15) is 19.8 Å². The lowest BCUT2D eigenvalue weighted by Crippen LogP contribution is -2.30. The van der Waals surface area contributed by atoms with E-state index < -0.39 is 17.7 Å². The molecule has 3 rings (SSSR count). The molecule has 0 spiro atoms. The number of carbonyl (C=O) groups is 2. The van der Waals surface area contributed by atoms with Crippen LogP contribution in [0.25, 0.3) is 5.76 Å². The third kappa shape index (κ3) is 4.77. The van der Waals surface area contributed by atoms with Crippen molar-refractivity contribution in [2.75, 3.05) is 13.2 Å². The Morgan fingerprint density at radius 2 is 1.81 bits per heavy atom. The van der Waals surface area contributed by atoms with E-state index in [0.717, 1.165) is 23.7 Å². The van der Waals surface area contributed by atoms with Crippen molar-refractivity contribution in [2.24, 2.45) is 0 Å². The molecule has 6 nitrogen and oxygen atoms in total. The maximum Gasteiger partial charge on any atom is 0.295 e. The molecule has 31 heavy (non-hydrogen) atoms. The largest absolute Gasteiger partial charge is 0.507 e. The number of unbranched alkanes of at least 4 members (excludes halogenated alkanes) is 2. The molecule has 2 aromatic rings. The molecule has 1 aliphatic heterocycles. The van der Waals surface area contributed by atoms with Crippen molar-refractivity contribution in [3.8, 4) is 11.5 Å². The first-order valence-corrected chi connectivity index (χ1v) is 11.2. The van der Waals surface area contributed by atoms with Crippen molar-refractivity contribution in [3.63, 3.8) is 0 Å². The Kier molecular flexibility index (Phi) is 7.38. The second-order valence-corrected chi connectivity index (χ2v) is 8.28. The van der Waals surface area contributed by atoms with Crippen LogP contribution < -0.4 is 4.74 Å². The van der Waals surface area contributed by atoms with Crippen LogP contribution in [-0.4, -0.2) is 40.0 Å². The molecule has 164 valence electrons. The van der Waals surface area contributed by atoms with Crippen LogP contribution in [0.2, 0.25) is 0 Å². The molecule has 2 aromatic carbocycles. The number of ketones is 1. The highest BCUT2D eigenvalue weighted by Gasteiger charge is 2.46. The number of ether oxygens (including phenoxy) is 1. The lowest BCUT2D eigenvalue weighted by molar-refractivity contribution is -0.139. The highest BCUT2D eigenvalue weighted by Crippen LogP contribution is 2.42. The quantitative estimate of drug-likeness (QED) is 0.232. The first-order valence-electron chi connectivity index (χ1n) is 10.4. The van der Waals surface area contributed by atoms with E-state index in [1.165, 1.54) is 11.0 Å². The van der Waals surface area contributed by atoms with E-state index >= 15 is 0 Å². The van der Waals surface area contributed by atoms with Gasteiger partial charge in [0.2, 0.25) is 0 Å². The summed E-state index contributed by atoms with van der Waals surface area (Å²) in [6.07, 6.45) is 2.64. The number of phenols is 1. The fraction of sp³-hybridized carbons (Fsp3) is 0.333. The molecule has 1 fully saturated rings. The summed E-state index contributed by atoms with van der Waals surface area (Å²) in [5.74, 6) is -1.33. The van der Waals surface area contributed by atoms with Crippen molar-refractivity contribution < 1.29 is 24.5 Å². The average molecular weight is 488 g/mol. The minimum atomic E-state index is -0.764. The van der Waals surface area contributed by atoms with Crippen molar-refractivity contribution in [1.29, 1.82) is 0 Å². The summed E-state index contributed by atoms with van der Waals surface area (Å²) in [6.45, 7) is 4.61. The molecule has 0 aromatic heterocycles. The second kappa shape index (κ2) is 10.0. The Morgan fingerprint density at radius 1 is 1.10 bits per heavy atom. The van der Waals surface area contributed by atoms with Crippen LogP contribution in [0.15, 0.2) is 52.5 Å². The first kappa shape index (κ1) is 22.9. The van der Waals surface area contributed by atoms with Gasteiger partial charge in [0.15, 0.2) is 11.5 Å². The maximum atomic E-state index is 13.0. The van der Waals surface area contributed by atoms with E-state index in [4.69, 9.17) is 4.74 Å². The summed E-state index contributed by atoms with van der Waals surface area (Å²) >= 11 is 3.36. The van der Waals surface area contributed by atoms with Gasteiger partial charge in [0.1, 0.15) is 5.76 Å². The van der Waals surface area contributed by atoms with Crippen LogP contribution in [0.5, 0.6) is 11.5 Å². The summed E-state index contributed by atoms with van der Waals surface area (Å²) in [7, 11) is 0. The van der Waals surface area contributed by atoms with Gasteiger partial charge in [0.25, 0.3) is 11.7 Å². The highest BCUT2D eigenvalue weighted by atomic mass is 79.9. The monoisotopic (exact) mass is 487 g/mol. The lowest BCUT2D eigenvalue weighted by Gasteiger charge is -2.26. The van der Waals surface area contributed by atoms with Gasteiger partial charge >= 0.3 is 0 Å². The third-order valence-corrected chi connectivity index (χ3v) is 5.79. The van der Waals surface area contributed by atoms with E-state index in [2.05, 4.69) is 22.9 Å². The molecule has 2 N–H and O–H groups in total. The standard InChI is InChI=1S/C24H26BrNO5/c1-3-5-6-13-26-21(16-9-12-18(27)19(14-16)31-4-2)20(23(29)24(26)30)22(28)15-7-10-17(25)11-8-15/h7-12,14,21,27-28H,3-6,13H2,1-2H3/b22-20-. The Labute approximate surface area is 190 Å². The molecule has 1 heterocycles. The highest BCUT2D eigenvalue weighted by molar-refractivity contribution is 9.10. The second-order valence-electron chi connectivity index (χ2n) is 7.37. The first-order chi connectivity index (χ1) is 14.9. The number of benzene rings is 2. The van der Waals surface area contributed by atoms with Crippen LogP contribution in [0.4, 0.5) is 0 Å². The average Bonchev–Trinajstić information content (AvgIpc) is 3.01. The number of hydrogen-bond acceptors (Lipinski definition) is 5. The van der Waals surface area contributed by atoms with E-state index in [-0.39, 0.29) is 22.8 Å². The summed E-state index contributed by atoms with van der Waals surface area (Å²) in [5, 5.41) is 21.1. The predicted molar refractivity (Wildman–Crippen MR) is 122 cm³/mol. The van der Waals surface area contributed by atoms with Crippen LogP contribution in [0, 0.1) is 0 Å². The number of likely N-dealkylation sites (tertiary alicyclic amines) is 1. The summed E-state index contributed by atoms with van der Waals surface area (Å²) in [6, 6.07) is 10.9. The molecule has 0 bridgehead atoms. The molecule has 7 heteroatoms. The zero-order chi connectivity index (χ0) is 22.5. The lowest BCUT2D eigenvalue weighted by atomic mass is 9.95. The summed E-state index contributed by atoms with van der Waals surface area (Å²) in [4.78, 5) is 27.4. The number of halogens is 1. The Balaban J connectivity index is 2.14. The number of aliphatic hydroxyl groups is 1. The van der Waals surface area contributed by atoms with Gasteiger partial charge < -0.3 is 19.8 Å². The van der Waals surface area contributed by atoms with Gasteiger partial charge in [0.05, 0.1) is 18.2 Å². The number of nitrogens with zero attached hydrogens (tertiary/aromatic N) is 1. The molecule has 0 aliphatic carbocycles. The predicted octanol–water partition coefficient (Wildman–Crippen LogP) is 5.17. The van der Waals surface area contributed by atoms with Crippen LogP contribution in [-0.2, 0) is 9.59 Å². The fourth-order valence-electron chi connectivity index (χ4n) is 3.72. The number of carbonyl (C=O) groups excluding carboxylic acids is 2. The van der Waals surface area contributed by atoms with E-state index in [0.29, 0.717) is 24.3 Å². The number of phenolic OH excluding ortho intramolecular Hbond substituents is 1. The van der Waals surface area contributed by atoms with E-state index in [1.807, 2.05) is 0 Å². The maximum absolute atomic E-state index is 13.0. The summed E-state index contributed by atoms with van der Waals surface area (Å²) in [5.41, 5.74) is 1.08. The van der Waals surface area contributed by atoms with Crippen molar-refractivity contribution in [3.05, 3.63) is 63.6 Å². The normalized spacial score (nSPS) is 17.9. The Bertz CT molecular complexity index is 1000. The zero-order valence-electron chi connectivity index (χ0n) is 17.6. The molecular formula is C24H26BrNO5. The number of rotatable bonds is 8. The minimum Gasteiger partial charge on any atom is -0.507 e. The smallest absolute Gasteiger partial charge is 0.295 e. The molecule has 0 saturated carbocycles. The molecule has 1 amide bonds. The van der Waals surface area contributed by atoms with Gasteiger partial charge in [-0.2, -0.15) is 0 Å². The molecular weight excluding hydrogens is 462 g/mol. The Hall–Kier alpha value is -2.80. The topological polar surface area (TPSA) is 87.1 Å². The van der Waals surface area contributed by atoms with Crippen LogP contribution in [0.1, 0.15) is 50.3 Å². The number of aromatic hydroxyl groups is 1. The van der Waals surface area contributed by atoms with Gasteiger partial charge in [0, 0.05) is 16.6 Å². The van der Waals surface area contributed by atoms with Gasteiger partial charge in [-0.15, -0.1) is 0 Å². The number of amides is 1. The molecule has 1 saturated heterocycles. The Morgan fingerprint density at radius 3 is 2.45 bits per heavy atom. The molecule has 0 radical (unpaired) electrons. The van der Waals surface area contributed by atoms with Gasteiger partial charge in [-0.25, -0.2) is 0 Å². The van der Waals surface area contributed by atoms with Gasteiger partial charge in [-0.3, -0.25) is 9.59 Å². The van der Waals surface area contributed by atoms with Crippen molar-refractivity contribution in [2.45, 2.75) is 39.2 Å². The number of Topliss-reactive ketones (excluding diaryl/α,β-unsaturated/α-hetero) is 1. The summed E-state index contributed by atoms with van der Waals surface area (Å²) < 4.78 is 6.33. The molecule has 1 unspecified atom stereocenters. The zero-order valence-corrected chi connectivity index (χ0v) is 19.2. The SMILES string of the molecule is CCCCCN1C(=O)C(=O)/C(=C(\O)c2ccc(Br)cc2)C1c1ccc(O)c(OCC)c1. The van der Waals surface area contributed by atoms with Gasteiger partial charge in [-0.05, 0) is 43.2 Å². The van der Waals surface area contributed by atoms with Crippen LogP contribution in [0.3, 0.4) is 0 Å². The van der Waals surface area contributed by atoms with Crippen molar-refractivity contribution >= 4 is 33.4 Å². The van der Waals surface area contributed by atoms with Gasteiger partial charge in [-0.1, -0.05) is 53.9 Å².